The number of anilines is 1. The second kappa shape index (κ2) is 5.07. The van der Waals surface area contributed by atoms with Crippen LogP contribution in [-0.2, 0) is 10.0 Å². The first-order valence-corrected chi connectivity index (χ1v) is 9.35. The number of fused-ring (bicyclic) bond motifs is 1. The van der Waals surface area contributed by atoms with Gasteiger partial charge in [-0.1, -0.05) is 5.16 Å². The van der Waals surface area contributed by atoms with E-state index in [0.29, 0.717) is 12.8 Å². The van der Waals surface area contributed by atoms with Gasteiger partial charge in [-0.25, -0.2) is 13.4 Å². The minimum Gasteiger partial charge on any atom is -0.361 e. The zero-order chi connectivity index (χ0) is 17.1. The van der Waals surface area contributed by atoms with Crippen LogP contribution in [0.5, 0.6) is 0 Å². The van der Waals surface area contributed by atoms with Crippen LogP contribution in [0.1, 0.15) is 29.9 Å². The van der Waals surface area contributed by atoms with E-state index < -0.39 is 10.0 Å². The molecule has 1 fully saturated rings. The summed E-state index contributed by atoms with van der Waals surface area (Å²) in [5, 5.41) is 3.70. The number of hydrogen-bond acceptors (Lipinski definition) is 5. The summed E-state index contributed by atoms with van der Waals surface area (Å²) in [4.78, 5) is 7.45. The summed E-state index contributed by atoms with van der Waals surface area (Å²) in [5.41, 5.74) is 5.22. The number of rotatable bonds is 4. The van der Waals surface area contributed by atoms with Crippen LogP contribution in [0.3, 0.4) is 0 Å². The quantitative estimate of drug-likeness (QED) is 0.756. The van der Waals surface area contributed by atoms with Crippen molar-refractivity contribution in [1.29, 1.82) is 0 Å². The SMILES string of the molecule is Cc1noc(C)c1-c1cc(C)c2nc(NS(=O)(=O)C3CC3)[nH]c2c1. The average Bonchev–Trinajstić information content (AvgIpc) is 3.21. The maximum atomic E-state index is 12.1. The third kappa shape index (κ3) is 2.47. The fourth-order valence-electron chi connectivity index (χ4n) is 2.97. The number of H-pyrrole nitrogens is 1. The van der Waals surface area contributed by atoms with Crippen molar-refractivity contribution in [2.75, 3.05) is 4.72 Å². The summed E-state index contributed by atoms with van der Waals surface area (Å²) in [6.07, 6.45) is 1.43. The number of nitrogens with zero attached hydrogens (tertiary/aromatic N) is 2. The van der Waals surface area contributed by atoms with Gasteiger partial charge in [-0.2, -0.15) is 0 Å². The first-order chi connectivity index (χ1) is 11.3. The van der Waals surface area contributed by atoms with E-state index in [1.807, 2.05) is 32.9 Å². The molecule has 0 radical (unpaired) electrons. The van der Waals surface area contributed by atoms with Gasteiger partial charge in [0.15, 0.2) is 0 Å². The van der Waals surface area contributed by atoms with Crippen molar-refractivity contribution >= 4 is 27.0 Å². The molecule has 4 rings (SSSR count). The molecule has 8 heteroatoms. The first-order valence-electron chi connectivity index (χ1n) is 7.80. The molecule has 2 N–H and O–H groups in total. The second-order valence-electron chi connectivity index (χ2n) is 6.32. The molecule has 0 unspecified atom stereocenters. The van der Waals surface area contributed by atoms with Gasteiger partial charge in [0.2, 0.25) is 16.0 Å². The molecule has 0 spiro atoms. The minimum atomic E-state index is -3.34. The normalized spacial score (nSPS) is 15.1. The molecule has 126 valence electrons. The molecule has 0 amide bonds. The Morgan fingerprint density at radius 3 is 2.62 bits per heavy atom. The van der Waals surface area contributed by atoms with Crippen molar-refractivity contribution in [3.05, 3.63) is 29.2 Å². The Bertz CT molecular complexity index is 1030. The van der Waals surface area contributed by atoms with Crippen molar-refractivity contribution in [1.82, 2.24) is 15.1 Å². The van der Waals surface area contributed by atoms with E-state index in [-0.39, 0.29) is 11.2 Å². The highest BCUT2D eigenvalue weighted by Gasteiger charge is 2.36. The molecule has 1 aromatic carbocycles. The molecule has 2 aromatic heterocycles. The number of aromatic amines is 1. The molecule has 0 aliphatic heterocycles. The van der Waals surface area contributed by atoms with Gasteiger partial charge in [0, 0.05) is 5.56 Å². The third-order valence-corrected chi connectivity index (χ3v) is 6.13. The number of hydrogen-bond donors (Lipinski definition) is 2. The first kappa shape index (κ1) is 15.2. The monoisotopic (exact) mass is 346 g/mol. The molecule has 1 aliphatic rings. The second-order valence-corrected chi connectivity index (χ2v) is 8.28. The summed E-state index contributed by atoms with van der Waals surface area (Å²) in [5.74, 6) is 1.01. The maximum Gasteiger partial charge on any atom is 0.237 e. The topological polar surface area (TPSA) is 101 Å². The Morgan fingerprint density at radius 2 is 2.00 bits per heavy atom. The smallest absolute Gasteiger partial charge is 0.237 e. The Morgan fingerprint density at radius 1 is 1.25 bits per heavy atom. The van der Waals surface area contributed by atoms with Crippen molar-refractivity contribution in [2.24, 2.45) is 0 Å². The van der Waals surface area contributed by atoms with Gasteiger partial charge in [-0.3, -0.25) is 4.72 Å². The predicted molar refractivity (Wildman–Crippen MR) is 91.4 cm³/mol. The van der Waals surface area contributed by atoms with Gasteiger partial charge in [-0.05, 0) is 56.9 Å². The van der Waals surface area contributed by atoms with E-state index in [4.69, 9.17) is 4.52 Å². The Balaban J connectivity index is 1.78. The van der Waals surface area contributed by atoms with Gasteiger partial charge in [0.05, 0.1) is 22.0 Å². The maximum absolute atomic E-state index is 12.1. The molecule has 3 aromatic rings. The van der Waals surface area contributed by atoms with Gasteiger partial charge in [0.1, 0.15) is 5.76 Å². The molecule has 2 heterocycles. The molecule has 7 nitrogen and oxygen atoms in total. The van der Waals surface area contributed by atoms with E-state index in [1.54, 1.807) is 0 Å². The zero-order valence-corrected chi connectivity index (χ0v) is 14.5. The largest absolute Gasteiger partial charge is 0.361 e. The summed E-state index contributed by atoms with van der Waals surface area (Å²) in [6.45, 7) is 5.72. The van der Waals surface area contributed by atoms with Crippen LogP contribution in [0.4, 0.5) is 5.95 Å². The lowest BCUT2D eigenvalue weighted by molar-refractivity contribution is 0.393. The minimum absolute atomic E-state index is 0.260. The fourth-order valence-corrected chi connectivity index (χ4v) is 4.26. The molecule has 0 bridgehead atoms. The molecular formula is C16H18N4O3S. The zero-order valence-electron chi connectivity index (χ0n) is 13.7. The summed E-state index contributed by atoms with van der Waals surface area (Å²) < 4.78 is 31.9. The van der Waals surface area contributed by atoms with Crippen LogP contribution in [-0.4, -0.2) is 28.8 Å². The van der Waals surface area contributed by atoms with Gasteiger partial charge < -0.3 is 9.51 Å². The van der Waals surface area contributed by atoms with Crippen LogP contribution in [0.15, 0.2) is 16.7 Å². The number of sulfonamides is 1. The molecule has 24 heavy (non-hydrogen) atoms. The predicted octanol–water partition coefficient (Wildman–Crippen LogP) is 3.05. The summed E-state index contributed by atoms with van der Waals surface area (Å²) >= 11 is 0. The van der Waals surface area contributed by atoms with Gasteiger partial charge in [0.25, 0.3) is 0 Å². The Labute approximate surface area is 139 Å². The van der Waals surface area contributed by atoms with Gasteiger partial charge in [-0.15, -0.1) is 0 Å². The number of aromatic nitrogens is 3. The van der Waals surface area contributed by atoms with Crippen LogP contribution in [0.25, 0.3) is 22.2 Å². The van der Waals surface area contributed by atoms with E-state index in [0.717, 1.165) is 39.2 Å². The Hall–Kier alpha value is -2.35. The molecule has 0 saturated heterocycles. The van der Waals surface area contributed by atoms with Crippen LogP contribution in [0.2, 0.25) is 0 Å². The number of benzene rings is 1. The number of nitrogens with one attached hydrogen (secondary N) is 2. The van der Waals surface area contributed by atoms with Crippen molar-refractivity contribution in [3.8, 4) is 11.1 Å². The van der Waals surface area contributed by atoms with Crippen molar-refractivity contribution in [3.63, 3.8) is 0 Å². The van der Waals surface area contributed by atoms with E-state index >= 15 is 0 Å². The molecule has 1 aliphatic carbocycles. The lowest BCUT2D eigenvalue weighted by Crippen LogP contribution is -2.18. The molecule has 1 saturated carbocycles. The highest BCUT2D eigenvalue weighted by atomic mass is 32.2. The third-order valence-electron chi connectivity index (χ3n) is 4.30. The van der Waals surface area contributed by atoms with Gasteiger partial charge >= 0.3 is 0 Å². The fraction of sp³-hybridized carbons (Fsp3) is 0.375. The average molecular weight is 346 g/mol. The highest BCUT2D eigenvalue weighted by Crippen LogP contribution is 2.33. The lowest BCUT2D eigenvalue weighted by atomic mass is 10.0. The van der Waals surface area contributed by atoms with E-state index in [2.05, 4.69) is 19.8 Å². The van der Waals surface area contributed by atoms with E-state index in [9.17, 15) is 8.42 Å². The molecular weight excluding hydrogens is 328 g/mol. The summed E-state index contributed by atoms with van der Waals surface area (Å²) in [7, 11) is -3.34. The van der Waals surface area contributed by atoms with E-state index in [1.165, 1.54) is 0 Å². The highest BCUT2D eigenvalue weighted by molar-refractivity contribution is 7.93. The number of aryl methyl sites for hydroxylation is 3. The van der Waals surface area contributed by atoms with Crippen molar-refractivity contribution < 1.29 is 12.9 Å². The van der Waals surface area contributed by atoms with Crippen LogP contribution in [0, 0.1) is 20.8 Å². The van der Waals surface area contributed by atoms with Crippen molar-refractivity contribution in [2.45, 2.75) is 38.9 Å². The van der Waals surface area contributed by atoms with Crippen LogP contribution >= 0.6 is 0 Å². The standard InChI is InChI=1S/C16H18N4O3S/c1-8-6-11(14-9(2)19-23-10(14)3)7-13-15(8)18-16(17-13)20-24(21,22)12-4-5-12/h6-7,12H,4-5H2,1-3H3,(H2,17,18,20). The molecule has 0 atom stereocenters. The summed E-state index contributed by atoms with van der Waals surface area (Å²) in [6, 6.07) is 3.95. The Kier molecular flexibility index (Phi) is 3.21. The lowest BCUT2D eigenvalue weighted by Gasteiger charge is -2.03. The van der Waals surface area contributed by atoms with Crippen LogP contribution < -0.4 is 4.72 Å². The number of imidazole rings is 1.